The average Bonchev–Trinajstić information content (AvgIpc) is 3.14. The van der Waals surface area contributed by atoms with Crippen LogP contribution in [0.3, 0.4) is 0 Å². The summed E-state index contributed by atoms with van der Waals surface area (Å²) in [4.78, 5) is 30.6. The number of thiazole rings is 1. The maximum Gasteiger partial charge on any atom is 0.255 e. The minimum Gasteiger partial charge on any atom is -0.366 e. The molecule has 2 heterocycles. The molecule has 1 aromatic heterocycles. The van der Waals surface area contributed by atoms with Crippen LogP contribution >= 0.6 is 23.1 Å². The molecule has 2 amide bonds. The zero-order valence-electron chi connectivity index (χ0n) is 12.0. The summed E-state index contributed by atoms with van der Waals surface area (Å²) >= 11 is 3.25. The lowest BCUT2D eigenvalue weighted by atomic mass is 10.1. The fraction of sp³-hybridized carbons (Fsp3) is 0.267. The molecule has 114 valence electrons. The first-order chi connectivity index (χ1) is 10.6. The molecule has 0 saturated carbocycles. The first kappa shape index (κ1) is 15.1. The van der Waals surface area contributed by atoms with Crippen molar-refractivity contribution < 1.29 is 9.59 Å². The van der Waals surface area contributed by atoms with Crippen molar-refractivity contribution in [2.45, 2.75) is 13.0 Å². The van der Waals surface area contributed by atoms with Crippen LogP contribution in [0.15, 0.2) is 29.6 Å². The molecule has 1 unspecified atom stereocenters. The lowest BCUT2D eigenvalue weighted by Crippen LogP contribution is -2.32. The van der Waals surface area contributed by atoms with Crippen molar-refractivity contribution in [1.82, 2.24) is 9.88 Å². The molecule has 2 N–H and O–H groups in total. The Morgan fingerprint density at radius 3 is 2.68 bits per heavy atom. The number of carbonyl (C=O) groups is 2. The molecule has 0 aliphatic carbocycles. The molecule has 1 aromatic carbocycles. The Kier molecular flexibility index (Phi) is 4.17. The monoisotopic (exact) mass is 333 g/mol. The number of benzene rings is 1. The van der Waals surface area contributed by atoms with Gasteiger partial charge in [-0.2, -0.15) is 0 Å². The molecule has 1 atom stereocenters. The van der Waals surface area contributed by atoms with Gasteiger partial charge in [-0.05, 0) is 19.1 Å². The molecule has 2 aromatic rings. The molecule has 7 heteroatoms. The fourth-order valence-electron chi connectivity index (χ4n) is 2.41. The Morgan fingerprint density at radius 2 is 2.05 bits per heavy atom. The number of primary amides is 1. The summed E-state index contributed by atoms with van der Waals surface area (Å²) in [7, 11) is 0. The maximum atomic E-state index is 12.8. The largest absolute Gasteiger partial charge is 0.366 e. The highest BCUT2D eigenvalue weighted by molar-refractivity contribution is 7.99. The van der Waals surface area contributed by atoms with Gasteiger partial charge in [0.25, 0.3) is 5.91 Å². The molecular weight excluding hydrogens is 318 g/mol. The van der Waals surface area contributed by atoms with E-state index >= 15 is 0 Å². The molecular formula is C15H15N3O2S2. The number of rotatable bonds is 3. The lowest BCUT2D eigenvalue weighted by Gasteiger charge is -2.23. The van der Waals surface area contributed by atoms with Gasteiger partial charge >= 0.3 is 0 Å². The van der Waals surface area contributed by atoms with Crippen LogP contribution < -0.4 is 5.73 Å². The number of hydrogen-bond donors (Lipinski definition) is 1. The van der Waals surface area contributed by atoms with E-state index in [9.17, 15) is 9.59 Å². The zero-order valence-corrected chi connectivity index (χ0v) is 13.6. The quantitative estimate of drug-likeness (QED) is 0.936. The Bertz CT molecular complexity index is 729. The van der Waals surface area contributed by atoms with E-state index in [4.69, 9.17) is 5.73 Å². The van der Waals surface area contributed by atoms with Gasteiger partial charge in [-0.3, -0.25) is 9.59 Å². The second-order valence-electron chi connectivity index (χ2n) is 5.03. The number of thioether (sulfide) groups is 1. The first-order valence-electron chi connectivity index (χ1n) is 6.77. The number of nitrogens with zero attached hydrogens (tertiary/aromatic N) is 2. The Balaban J connectivity index is 1.93. The van der Waals surface area contributed by atoms with Gasteiger partial charge in [0.05, 0.1) is 23.0 Å². The van der Waals surface area contributed by atoms with Gasteiger partial charge in [0.1, 0.15) is 5.01 Å². The van der Waals surface area contributed by atoms with E-state index in [1.54, 1.807) is 52.3 Å². The second-order valence-corrected chi connectivity index (χ2v) is 6.92. The molecule has 22 heavy (non-hydrogen) atoms. The summed E-state index contributed by atoms with van der Waals surface area (Å²) < 4.78 is 0. The summed E-state index contributed by atoms with van der Waals surface area (Å²) in [5, 5.41) is 2.92. The number of amides is 2. The van der Waals surface area contributed by atoms with Crippen LogP contribution in [-0.4, -0.2) is 33.3 Å². The van der Waals surface area contributed by atoms with Crippen molar-refractivity contribution in [1.29, 1.82) is 0 Å². The minimum absolute atomic E-state index is 0.0443. The van der Waals surface area contributed by atoms with E-state index in [-0.39, 0.29) is 17.5 Å². The van der Waals surface area contributed by atoms with Gasteiger partial charge in [-0.25, -0.2) is 4.98 Å². The van der Waals surface area contributed by atoms with Gasteiger partial charge < -0.3 is 10.6 Å². The van der Waals surface area contributed by atoms with Gasteiger partial charge in [-0.15, -0.1) is 23.1 Å². The van der Waals surface area contributed by atoms with E-state index in [0.717, 1.165) is 16.5 Å². The number of hydrogen-bond acceptors (Lipinski definition) is 5. The highest BCUT2D eigenvalue weighted by atomic mass is 32.2. The third-order valence-electron chi connectivity index (χ3n) is 3.49. The Morgan fingerprint density at radius 1 is 1.32 bits per heavy atom. The minimum atomic E-state index is -0.586. The van der Waals surface area contributed by atoms with E-state index in [0.29, 0.717) is 11.4 Å². The molecule has 3 rings (SSSR count). The van der Waals surface area contributed by atoms with E-state index in [1.165, 1.54) is 0 Å². The second kappa shape index (κ2) is 6.10. The topological polar surface area (TPSA) is 76.3 Å². The van der Waals surface area contributed by atoms with E-state index in [2.05, 4.69) is 4.98 Å². The van der Waals surface area contributed by atoms with Crippen molar-refractivity contribution in [3.63, 3.8) is 0 Å². The lowest BCUT2D eigenvalue weighted by molar-refractivity contribution is 0.0741. The standard InChI is InChI=1S/C15H15N3O2S2/c1-9-6-22-14(17-9)12-7-21-8-18(12)15(20)11-5-3-2-4-10(11)13(16)19/h2-6,12H,7-8H2,1H3,(H2,16,19). The number of aryl methyl sites for hydroxylation is 1. The first-order valence-corrected chi connectivity index (χ1v) is 8.81. The predicted molar refractivity (Wildman–Crippen MR) is 88.0 cm³/mol. The number of carbonyl (C=O) groups excluding carboxylic acids is 2. The Hall–Kier alpha value is -1.86. The number of aromatic nitrogens is 1. The molecule has 1 aliphatic rings. The molecule has 1 saturated heterocycles. The van der Waals surface area contributed by atoms with Crippen LogP contribution in [-0.2, 0) is 0 Å². The predicted octanol–water partition coefficient (Wildman–Crippen LogP) is 2.44. The molecule has 1 aliphatic heterocycles. The summed E-state index contributed by atoms with van der Waals surface area (Å²) in [6, 6.07) is 6.64. The van der Waals surface area contributed by atoms with Crippen LogP contribution in [0.2, 0.25) is 0 Å². The summed E-state index contributed by atoms with van der Waals surface area (Å²) in [6.07, 6.45) is 0. The Labute approximate surface area is 136 Å². The van der Waals surface area contributed by atoms with Crippen LogP contribution in [0.1, 0.15) is 37.5 Å². The van der Waals surface area contributed by atoms with Crippen molar-refractivity contribution in [2.75, 3.05) is 11.6 Å². The van der Waals surface area contributed by atoms with Crippen molar-refractivity contribution in [3.05, 3.63) is 51.5 Å². The van der Waals surface area contributed by atoms with Gasteiger partial charge in [0, 0.05) is 16.8 Å². The van der Waals surface area contributed by atoms with Crippen LogP contribution in [0.4, 0.5) is 0 Å². The maximum absolute atomic E-state index is 12.8. The SMILES string of the molecule is Cc1csc(C2CSCN2C(=O)c2ccccc2C(N)=O)n1. The zero-order chi connectivity index (χ0) is 15.7. The third-order valence-corrected chi connectivity index (χ3v) is 5.56. The van der Waals surface area contributed by atoms with E-state index in [1.807, 2.05) is 12.3 Å². The fourth-order valence-corrected chi connectivity index (χ4v) is 4.59. The van der Waals surface area contributed by atoms with Crippen molar-refractivity contribution >= 4 is 34.9 Å². The molecule has 0 spiro atoms. The number of nitrogens with two attached hydrogens (primary N) is 1. The molecule has 1 fully saturated rings. The normalized spacial score (nSPS) is 17.7. The summed E-state index contributed by atoms with van der Waals surface area (Å²) in [5.41, 5.74) is 6.95. The van der Waals surface area contributed by atoms with Gasteiger partial charge in [-0.1, -0.05) is 12.1 Å². The third kappa shape index (κ3) is 2.74. The van der Waals surface area contributed by atoms with Crippen LogP contribution in [0.5, 0.6) is 0 Å². The van der Waals surface area contributed by atoms with E-state index < -0.39 is 5.91 Å². The van der Waals surface area contributed by atoms with Crippen LogP contribution in [0, 0.1) is 6.92 Å². The molecule has 5 nitrogen and oxygen atoms in total. The van der Waals surface area contributed by atoms with Gasteiger partial charge in [0.2, 0.25) is 5.91 Å². The molecule has 0 radical (unpaired) electrons. The van der Waals surface area contributed by atoms with Crippen LogP contribution in [0.25, 0.3) is 0 Å². The van der Waals surface area contributed by atoms with Gasteiger partial charge in [0.15, 0.2) is 0 Å². The average molecular weight is 333 g/mol. The van der Waals surface area contributed by atoms with Crippen molar-refractivity contribution in [2.24, 2.45) is 5.73 Å². The molecule has 0 bridgehead atoms. The summed E-state index contributed by atoms with van der Waals surface area (Å²) in [6.45, 7) is 1.94. The summed E-state index contributed by atoms with van der Waals surface area (Å²) in [5.74, 6) is 0.654. The smallest absolute Gasteiger partial charge is 0.255 e. The highest BCUT2D eigenvalue weighted by Gasteiger charge is 2.34. The van der Waals surface area contributed by atoms with Crippen molar-refractivity contribution in [3.8, 4) is 0 Å². The highest BCUT2D eigenvalue weighted by Crippen LogP contribution is 2.36.